The number of nitrogens with one attached hydrogen (secondary N) is 2. The number of hydrogen-bond donors (Lipinski definition) is 2. The van der Waals surface area contributed by atoms with E-state index in [0.29, 0.717) is 12.1 Å². The standard InChI is InChI=1S/C20H35N7/c1-6-21-20(23-13-15-26(16(2)3)17(4)5)22-12-9-11-19-25-24-18-10-7-8-14-27(18)19/h7-8,10,14,16-17H,6,9,11-13,15H2,1-5H3,(H2,21,22,23). The number of pyridine rings is 1. The first kappa shape index (κ1) is 21.2. The normalized spacial score (nSPS) is 12.5. The Morgan fingerprint density at radius 3 is 2.63 bits per heavy atom. The minimum absolute atomic E-state index is 0.546. The van der Waals surface area contributed by atoms with E-state index in [1.165, 1.54) is 0 Å². The van der Waals surface area contributed by atoms with Gasteiger partial charge in [0.15, 0.2) is 11.6 Å². The number of aryl methyl sites for hydroxylation is 1. The van der Waals surface area contributed by atoms with Gasteiger partial charge < -0.3 is 10.6 Å². The summed E-state index contributed by atoms with van der Waals surface area (Å²) in [5, 5.41) is 15.2. The molecule has 0 bridgehead atoms. The third-order valence-corrected chi connectivity index (χ3v) is 4.55. The fourth-order valence-corrected chi connectivity index (χ4v) is 3.25. The molecule has 0 spiro atoms. The monoisotopic (exact) mass is 373 g/mol. The van der Waals surface area contributed by atoms with Crippen LogP contribution in [-0.2, 0) is 6.42 Å². The van der Waals surface area contributed by atoms with Crippen LogP contribution >= 0.6 is 0 Å². The molecule has 2 heterocycles. The van der Waals surface area contributed by atoms with Crippen molar-refractivity contribution in [2.24, 2.45) is 4.99 Å². The molecule has 0 fully saturated rings. The zero-order chi connectivity index (χ0) is 19.6. The van der Waals surface area contributed by atoms with E-state index >= 15 is 0 Å². The van der Waals surface area contributed by atoms with Crippen molar-refractivity contribution in [3.05, 3.63) is 30.2 Å². The lowest BCUT2D eigenvalue weighted by molar-refractivity contribution is 0.178. The second-order valence-corrected chi connectivity index (χ2v) is 7.26. The molecule has 0 aliphatic rings. The molecule has 2 N–H and O–H groups in total. The second-order valence-electron chi connectivity index (χ2n) is 7.26. The Kier molecular flexibility index (Phi) is 8.51. The average molecular weight is 374 g/mol. The topological polar surface area (TPSA) is 69.8 Å². The van der Waals surface area contributed by atoms with E-state index in [-0.39, 0.29) is 0 Å². The lowest BCUT2D eigenvalue weighted by Gasteiger charge is -2.30. The van der Waals surface area contributed by atoms with Gasteiger partial charge in [-0.1, -0.05) is 6.07 Å². The molecule has 0 aliphatic heterocycles. The van der Waals surface area contributed by atoms with Crippen LogP contribution in [0.5, 0.6) is 0 Å². The molecule has 2 rings (SSSR count). The van der Waals surface area contributed by atoms with Crippen LogP contribution in [0.15, 0.2) is 29.4 Å². The first-order chi connectivity index (χ1) is 13.0. The van der Waals surface area contributed by atoms with Crippen LogP contribution in [0.1, 0.15) is 46.9 Å². The lowest BCUT2D eigenvalue weighted by Crippen LogP contribution is -2.45. The number of guanidine groups is 1. The summed E-state index contributed by atoms with van der Waals surface area (Å²) >= 11 is 0. The molecular weight excluding hydrogens is 338 g/mol. The van der Waals surface area contributed by atoms with Gasteiger partial charge in [-0.15, -0.1) is 10.2 Å². The lowest BCUT2D eigenvalue weighted by atomic mass is 10.2. The van der Waals surface area contributed by atoms with Gasteiger partial charge in [-0.2, -0.15) is 0 Å². The maximum Gasteiger partial charge on any atom is 0.191 e. The van der Waals surface area contributed by atoms with E-state index in [9.17, 15) is 0 Å². The zero-order valence-corrected chi connectivity index (χ0v) is 17.4. The summed E-state index contributed by atoms with van der Waals surface area (Å²) in [7, 11) is 0. The van der Waals surface area contributed by atoms with Gasteiger partial charge >= 0.3 is 0 Å². The van der Waals surface area contributed by atoms with Gasteiger partial charge in [-0.05, 0) is 53.2 Å². The first-order valence-corrected chi connectivity index (χ1v) is 10.1. The van der Waals surface area contributed by atoms with Crippen LogP contribution in [-0.4, -0.2) is 63.7 Å². The van der Waals surface area contributed by atoms with Crippen LogP contribution in [0, 0.1) is 0 Å². The van der Waals surface area contributed by atoms with Crippen LogP contribution in [0.25, 0.3) is 5.65 Å². The number of aromatic nitrogens is 3. The SMILES string of the molecule is CCNC(=NCCCc1nnc2ccccn12)NCCN(C(C)C)C(C)C. The van der Waals surface area contributed by atoms with Gasteiger partial charge in [0.1, 0.15) is 5.82 Å². The Balaban J connectivity index is 1.80. The Bertz CT molecular complexity index is 697. The Morgan fingerprint density at radius 2 is 1.93 bits per heavy atom. The second kappa shape index (κ2) is 10.9. The number of aliphatic imine (C=N–C) groups is 1. The van der Waals surface area contributed by atoms with E-state index in [1.807, 2.05) is 28.8 Å². The van der Waals surface area contributed by atoms with Crippen molar-refractivity contribution in [1.29, 1.82) is 0 Å². The largest absolute Gasteiger partial charge is 0.357 e. The molecule has 7 heteroatoms. The van der Waals surface area contributed by atoms with Crippen LogP contribution in [0.3, 0.4) is 0 Å². The summed E-state index contributed by atoms with van der Waals surface area (Å²) in [6.45, 7) is 14.6. The molecule has 0 saturated heterocycles. The molecule has 0 atom stereocenters. The Hall–Kier alpha value is -2.15. The molecular formula is C20H35N7. The van der Waals surface area contributed by atoms with Crippen molar-refractivity contribution in [3.63, 3.8) is 0 Å². The fraction of sp³-hybridized carbons (Fsp3) is 0.650. The highest BCUT2D eigenvalue weighted by molar-refractivity contribution is 5.79. The van der Waals surface area contributed by atoms with E-state index in [4.69, 9.17) is 4.99 Å². The Morgan fingerprint density at radius 1 is 1.15 bits per heavy atom. The van der Waals surface area contributed by atoms with Crippen molar-refractivity contribution in [2.75, 3.05) is 26.2 Å². The molecule has 0 saturated carbocycles. The summed E-state index contributed by atoms with van der Waals surface area (Å²) in [5.74, 6) is 1.87. The first-order valence-electron chi connectivity index (χ1n) is 10.1. The number of nitrogens with zero attached hydrogens (tertiary/aromatic N) is 5. The van der Waals surface area contributed by atoms with Gasteiger partial charge in [0.25, 0.3) is 0 Å². The molecule has 2 aromatic heterocycles. The van der Waals surface area contributed by atoms with Crippen molar-refractivity contribution in [1.82, 2.24) is 30.1 Å². The molecule has 0 radical (unpaired) electrons. The number of rotatable bonds is 10. The highest BCUT2D eigenvalue weighted by Gasteiger charge is 2.12. The molecule has 0 amide bonds. The maximum absolute atomic E-state index is 4.70. The van der Waals surface area contributed by atoms with Crippen molar-refractivity contribution >= 4 is 11.6 Å². The van der Waals surface area contributed by atoms with E-state index in [1.54, 1.807) is 0 Å². The minimum Gasteiger partial charge on any atom is -0.357 e. The van der Waals surface area contributed by atoms with Gasteiger partial charge in [0.05, 0.1) is 0 Å². The third kappa shape index (κ3) is 6.50. The summed E-state index contributed by atoms with van der Waals surface area (Å²) in [4.78, 5) is 7.18. The summed E-state index contributed by atoms with van der Waals surface area (Å²) in [5.41, 5.74) is 0.894. The molecule has 0 aliphatic carbocycles. The van der Waals surface area contributed by atoms with Gasteiger partial charge in [-0.3, -0.25) is 14.3 Å². The molecule has 2 aromatic rings. The maximum atomic E-state index is 4.70. The fourth-order valence-electron chi connectivity index (χ4n) is 3.25. The van der Waals surface area contributed by atoms with Gasteiger partial charge in [0.2, 0.25) is 0 Å². The van der Waals surface area contributed by atoms with Crippen molar-refractivity contribution in [3.8, 4) is 0 Å². The average Bonchev–Trinajstić information content (AvgIpc) is 3.04. The van der Waals surface area contributed by atoms with Crippen LogP contribution in [0.4, 0.5) is 0 Å². The smallest absolute Gasteiger partial charge is 0.191 e. The highest BCUT2D eigenvalue weighted by Crippen LogP contribution is 2.05. The van der Waals surface area contributed by atoms with Crippen LogP contribution < -0.4 is 10.6 Å². The van der Waals surface area contributed by atoms with E-state index in [0.717, 1.165) is 56.5 Å². The van der Waals surface area contributed by atoms with E-state index in [2.05, 4.69) is 60.3 Å². The molecule has 0 unspecified atom stereocenters. The minimum atomic E-state index is 0.546. The van der Waals surface area contributed by atoms with Crippen molar-refractivity contribution in [2.45, 2.75) is 59.5 Å². The number of hydrogen-bond acceptors (Lipinski definition) is 4. The van der Waals surface area contributed by atoms with E-state index < -0.39 is 0 Å². The third-order valence-electron chi connectivity index (χ3n) is 4.55. The molecule has 7 nitrogen and oxygen atoms in total. The van der Waals surface area contributed by atoms with Gasteiger partial charge in [0, 0.05) is 50.9 Å². The molecule has 27 heavy (non-hydrogen) atoms. The summed E-state index contributed by atoms with van der Waals surface area (Å²) in [6.07, 6.45) is 3.81. The van der Waals surface area contributed by atoms with Crippen molar-refractivity contribution < 1.29 is 0 Å². The molecule has 150 valence electrons. The highest BCUT2D eigenvalue weighted by atomic mass is 15.2. The number of fused-ring (bicyclic) bond motifs is 1. The van der Waals surface area contributed by atoms with Crippen LogP contribution in [0.2, 0.25) is 0 Å². The Labute approximate surface area is 163 Å². The predicted molar refractivity (Wildman–Crippen MR) is 112 cm³/mol. The summed E-state index contributed by atoms with van der Waals surface area (Å²) in [6, 6.07) is 7.04. The quantitative estimate of drug-likeness (QED) is 0.380. The predicted octanol–water partition coefficient (Wildman–Crippen LogP) is 2.34. The molecule has 0 aromatic carbocycles. The van der Waals surface area contributed by atoms with Gasteiger partial charge in [-0.25, -0.2) is 0 Å². The zero-order valence-electron chi connectivity index (χ0n) is 17.4. The summed E-state index contributed by atoms with van der Waals surface area (Å²) < 4.78 is 2.04.